The van der Waals surface area contributed by atoms with Crippen LogP contribution in [0.1, 0.15) is 31.9 Å². The van der Waals surface area contributed by atoms with Gasteiger partial charge in [-0.3, -0.25) is 4.90 Å². The van der Waals surface area contributed by atoms with Crippen LogP contribution in [-0.2, 0) is 0 Å². The van der Waals surface area contributed by atoms with Crippen LogP contribution in [0.3, 0.4) is 0 Å². The Labute approximate surface area is 129 Å². The number of nitrogens with two attached hydrogens (primary N) is 1. The molecule has 1 atom stereocenters. The first kappa shape index (κ1) is 18.0. The smallest absolute Gasteiger partial charge is 0.119 e. The van der Waals surface area contributed by atoms with E-state index >= 15 is 0 Å². The molecule has 0 bridgehead atoms. The molecule has 120 valence electrons. The summed E-state index contributed by atoms with van der Waals surface area (Å²) in [6.45, 7) is 8.74. The molecule has 0 aliphatic rings. The molecule has 0 heterocycles. The molecule has 1 aromatic carbocycles. The number of hydrogen-bond donors (Lipinski definition) is 1. The highest BCUT2D eigenvalue weighted by Gasteiger charge is 2.17. The molecular weight excluding hydrogens is 262 g/mol. The highest BCUT2D eigenvalue weighted by molar-refractivity contribution is 5.29. The first-order valence-electron chi connectivity index (χ1n) is 7.93. The fraction of sp³-hybridized carbons (Fsp3) is 0.647. The van der Waals surface area contributed by atoms with E-state index < -0.39 is 0 Å². The number of nitrogens with zero attached hydrogens (tertiary/aromatic N) is 2. The van der Waals surface area contributed by atoms with Crippen LogP contribution >= 0.6 is 0 Å². The largest absolute Gasteiger partial charge is 0.494 e. The van der Waals surface area contributed by atoms with Crippen molar-refractivity contribution in [2.24, 2.45) is 5.73 Å². The van der Waals surface area contributed by atoms with Crippen LogP contribution in [0.15, 0.2) is 24.3 Å². The van der Waals surface area contributed by atoms with Gasteiger partial charge in [0.15, 0.2) is 0 Å². The minimum absolute atomic E-state index is 0.285. The standard InChI is InChI=1S/C17H31N3O/c1-5-20(13-7-12-19(3)4)17(14-18)15-8-10-16(11-9-15)21-6-2/h8-11,17H,5-7,12-14,18H2,1-4H3. The molecule has 0 fully saturated rings. The molecule has 1 unspecified atom stereocenters. The molecule has 4 nitrogen and oxygen atoms in total. The summed E-state index contributed by atoms with van der Waals surface area (Å²) >= 11 is 0. The number of likely N-dealkylation sites (N-methyl/N-ethyl adjacent to an activating group) is 1. The molecule has 4 heteroatoms. The van der Waals surface area contributed by atoms with Gasteiger partial charge in [0.05, 0.1) is 6.61 Å². The lowest BCUT2D eigenvalue weighted by molar-refractivity contribution is 0.201. The van der Waals surface area contributed by atoms with Crippen LogP contribution in [-0.4, -0.2) is 56.7 Å². The Morgan fingerprint density at radius 2 is 1.76 bits per heavy atom. The van der Waals surface area contributed by atoms with Gasteiger partial charge in [0, 0.05) is 19.1 Å². The van der Waals surface area contributed by atoms with Crippen molar-refractivity contribution >= 4 is 0 Å². The summed E-state index contributed by atoms with van der Waals surface area (Å²) < 4.78 is 5.50. The van der Waals surface area contributed by atoms with E-state index in [9.17, 15) is 0 Å². The zero-order valence-electron chi connectivity index (χ0n) is 14.0. The van der Waals surface area contributed by atoms with Crippen molar-refractivity contribution in [1.82, 2.24) is 9.80 Å². The lowest BCUT2D eigenvalue weighted by Gasteiger charge is -2.30. The number of benzene rings is 1. The second-order valence-corrected chi connectivity index (χ2v) is 5.54. The average molecular weight is 293 g/mol. The first-order valence-corrected chi connectivity index (χ1v) is 7.93. The molecule has 0 aliphatic carbocycles. The second kappa shape index (κ2) is 9.77. The Hall–Kier alpha value is -1.10. The lowest BCUT2D eigenvalue weighted by Crippen LogP contribution is -2.35. The van der Waals surface area contributed by atoms with Gasteiger partial charge >= 0.3 is 0 Å². The molecule has 0 aliphatic heterocycles. The van der Waals surface area contributed by atoms with Crippen molar-refractivity contribution in [1.29, 1.82) is 0 Å². The van der Waals surface area contributed by atoms with Crippen LogP contribution in [0.25, 0.3) is 0 Å². The van der Waals surface area contributed by atoms with Crippen molar-refractivity contribution in [2.75, 3.05) is 46.9 Å². The van der Waals surface area contributed by atoms with Crippen molar-refractivity contribution in [3.63, 3.8) is 0 Å². The van der Waals surface area contributed by atoms with Crippen LogP contribution in [0.5, 0.6) is 5.75 Å². The van der Waals surface area contributed by atoms with Gasteiger partial charge in [0.25, 0.3) is 0 Å². The van der Waals surface area contributed by atoms with E-state index in [1.54, 1.807) is 0 Å². The van der Waals surface area contributed by atoms with Crippen LogP contribution in [0.4, 0.5) is 0 Å². The molecule has 21 heavy (non-hydrogen) atoms. The monoisotopic (exact) mass is 293 g/mol. The third-order valence-corrected chi connectivity index (χ3v) is 3.70. The van der Waals surface area contributed by atoms with Gasteiger partial charge in [-0.1, -0.05) is 19.1 Å². The molecule has 0 amide bonds. The van der Waals surface area contributed by atoms with Gasteiger partial charge in [-0.05, 0) is 58.2 Å². The van der Waals surface area contributed by atoms with Crippen molar-refractivity contribution in [2.45, 2.75) is 26.3 Å². The Balaban J connectivity index is 2.69. The molecule has 1 aromatic rings. The Morgan fingerprint density at radius 3 is 2.24 bits per heavy atom. The quantitative estimate of drug-likeness (QED) is 0.719. The summed E-state index contributed by atoms with van der Waals surface area (Å²) in [7, 11) is 4.23. The van der Waals surface area contributed by atoms with Gasteiger partial charge in [0.1, 0.15) is 5.75 Å². The first-order chi connectivity index (χ1) is 10.1. The topological polar surface area (TPSA) is 41.7 Å². The summed E-state index contributed by atoms with van der Waals surface area (Å²) in [5.74, 6) is 0.924. The molecule has 0 aromatic heterocycles. The summed E-state index contributed by atoms with van der Waals surface area (Å²) in [5.41, 5.74) is 7.30. The second-order valence-electron chi connectivity index (χ2n) is 5.54. The number of hydrogen-bond acceptors (Lipinski definition) is 4. The molecule has 1 rings (SSSR count). The normalized spacial score (nSPS) is 12.9. The molecule has 0 saturated heterocycles. The van der Waals surface area contributed by atoms with Gasteiger partial charge in [-0.15, -0.1) is 0 Å². The molecule has 0 spiro atoms. The van der Waals surface area contributed by atoms with Crippen molar-refractivity contribution < 1.29 is 4.74 Å². The Kier molecular flexibility index (Phi) is 8.35. The van der Waals surface area contributed by atoms with E-state index in [1.807, 2.05) is 19.1 Å². The minimum Gasteiger partial charge on any atom is -0.494 e. The predicted molar refractivity (Wildman–Crippen MR) is 89.8 cm³/mol. The number of rotatable bonds is 10. The van der Waals surface area contributed by atoms with Gasteiger partial charge in [-0.2, -0.15) is 0 Å². The predicted octanol–water partition coefficient (Wildman–Crippen LogP) is 2.36. The summed E-state index contributed by atoms with van der Waals surface area (Å²) in [6, 6.07) is 8.63. The van der Waals surface area contributed by atoms with Crippen LogP contribution in [0, 0.1) is 0 Å². The van der Waals surface area contributed by atoms with Crippen LogP contribution < -0.4 is 10.5 Å². The number of ether oxygens (including phenoxy) is 1. The molecule has 0 radical (unpaired) electrons. The van der Waals surface area contributed by atoms with Crippen LogP contribution in [0.2, 0.25) is 0 Å². The molecule has 2 N–H and O–H groups in total. The Morgan fingerprint density at radius 1 is 1.10 bits per heavy atom. The SMILES string of the molecule is CCOc1ccc(C(CN)N(CC)CCCN(C)C)cc1. The van der Waals surface area contributed by atoms with Gasteiger partial charge < -0.3 is 15.4 Å². The maximum absolute atomic E-state index is 6.03. The fourth-order valence-electron chi connectivity index (χ4n) is 2.57. The van der Waals surface area contributed by atoms with Crippen molar-refractivity contribution in [3.05, 3.63) is 29.8 Å². The molecular formula is C17H31N3O. The van der Waals surface area contributed by atoms with E-state index in [0.717, 1.165) is 31.8 Å². The Bertz CT molecular complexity index is 378. The fourth-order valence-corrected chi connectivity index (χ4v) is 2.57. The maximum Gasteiger partial charge on any atom is 0.119 e. The van der Waals surface area contributed by atoms with E-state index in [1.165, 1.54) is 5.56 Å². The van der Waals surface area contributed by atoms with Gasteiger partial charge in [-0.25, -0.2) is 0 Å². The molecule has 0 saturated carbocycles. The summed E-state index contributed by atoms with van der Waals surface area (Å²) in [4.78, 5) is 4.68. The van der Waals surface area contributed by atoms with E-state index in [2.05, 4.69) is 43.0 Å². The highest BCUT2D eigenvalue weighted by atomic mass is 16.5. The summed E-state index contributed by atoms with van der Waals surface area (Å²) in [5, 5.41) is 0. The average Bonchev–Trinajstić information content (AvgIpc) is 2.48. The van der Waals surface area contributed by atoms with Gasteiger partial charge in [0.2, 0.25) is 0 Å². The zero-order valence-corrected chi connectivity index (χ0v) is 14.0. The maximum atomic E-state index is 6.03. The van der Waals surface area contributed by atoms with Crippen molar-refractivity contribution in [3.8, 4) is 5.75 Å². The highest BCUT2D eigenvalue weighted by Crippen LogP contribution is 2.22. The summed E-state index contributed by atoms with van der Waals surface area (Å²) in [6.07, 6.45) is 1.16. The zero-order chi connectivity index (χ0) is 15.7. The van der Waals surface area contributed by atoms with E-state index in [4.69, 9.17) is 10.5 Å². The minimum atomic E-state index is 0.285. The lowest BCUT2D eigenvalue weighted by atomic mass is 10.0. The van der Waals surface area contributed by atoms with E-state index in [0.29, 0.717) is 13.2 Å². The third kappa shape index (κ3) is 6.04. The third-order valence-electron chi connectivity index (χ3n) is 3.70. The van der Waals surface area contributed by atoms with E-state index in [-0.39, 0.29) is 6.04 Å².